The van der Waals surface area contributed by atoms with Crippen LogP contribution in [0.5, 0.6) is 0 Å². The summed E-state index contributed by atoms with van der Waals surface area (Å²) in [4.78, 5) is 2.83. The highest BCUT2D eigenvalue weighted by Crippen LogP contribution is 2.22. The molecule has 0 aliphatic carbocycles. The molecular formula is C7H9F4N. The third kappa shape index (κ3) is 3.02. The molecule has 0 aromatic rings. The Labute approximate surface area is 67.8 Å². The molecular weight excluding hydrogens is 174 g/mol. The van der Waals surface area contributed by atoms with Gasteiger partial charge in [-0.2, -0.15) is 13.2 Å². The summed E-state index contributed by atoms with van der Waals surface area (Å²) in [6.07, 6.45) is -3.65. The standard InChI is InChI=1S/C7H9F4N/c1-3-4-5(8)6(12-2)7(9,10)11/h4H,3H2,1-2H3/b5-4+,12-6?. The van der Waals surface area contributed by atoms with Gasteiger partial charge in [-0.1, -0.05) is 6.92 Å². The maximum atomic E-state index is 12.6. The van der Waals surface area contributed by atoms with Crippen LogP contribution < -0.4 is 0 Å². The van der Waals surface area contributed by atoms with Crippen molar-refractivity contribution < 1.29 is 17.6 Å². The maximum Gasteiger partial charge on any atom is 0.435 e. The summed E-state index contributed by atoms with van der Waals surface area (Å²) in [6.45, 7) is 1.54. The van der Waals surface area contributed by atoms with Crippen molar-refractivity contribution in [2.45, 2.75) is 19.5 Å². The monoisotopic (exact) mass is 183 g/mol. The molecule has 0 N–H and O–H groups in total. The number of hydrogen-bond donors (Lipinski definition) is 0. The Morgan fingerprint density at radius 3 is 2.17 bits per heavy atom. The molecule has 12 heavy (non-hydrogen) atoms. The van der Waals surface area contributed by atoms with Crippen molar-refractivity contribution in [3.05, 3.63) is 11.9 Å². The van der Waals surface area contributed by atoms with Crippen LogP contribution in [-0.2, 0) is 0 Å². The zero-order valence-corrected chi connectivity index (χ0v) is 6.74. The van der Waals surface area contributed by atoms with Crippen molar-refractivity contribution in [1.29, 1.82) is 0 Å². The van der Waals surface area contributed by atoms with Crippen LogP contribution in [0.4, 0.5) is 17.6 Å². The van der Waals surface area contributed by atoms with E-state index in [2.05, 4.69) is 4.99 Å². The Morgan fingerprint density at radius 2 is 1.92 bits per heavy atom. The summed E-state index contributed by atoms with van der Waals surface area (Å²) in [5.41, 5.74) is -1.45. The Balaban J connectivity index is 4.72. The van der Waals surface area contributed by atoms with E-state index in [4.69, 9.17) is 0 Å². The quantitative estimate of drug-likeness (QED) is 0.461. The van der Waals surface area contributed by atoms with Crippen LogP contribution >= 0.6 is 0 Å². The predicted octanol–water partition coefficient (Wildman–Crippen LogP) is 2.88. The number of allylic oxidation sites excluding steroid dienone is 2. The minimum atomic E-state index is -4.70. The molecule has 0 aliphatic rings. The SMILES string of the molecule is CC/C=C(/F)C(=NC)C(F)(F)F. The van der Waals surface area contributed by atoms with Gasteiger partial charge in [0.05, 0.1) is 0 Å². The second-order valence-electron chi connectivity index (χ2n) is 2.03. The highest BCUT2D eigenvalue weighted by molar-refractivity contribution is 6.02. The van der Waals surface area contributed by atoms with Crippen LogP contribution in [0.15, 0.2) is 16.9 Å². The first-order chi connectivity index (χ1) is 5.43. The van der Waals surface area contributed by atoms with Crippen LogP contribution in [0.2, 0.25) is 0 Å². The van der Waals surface area contributed by atoms with Gasteiger partial charge in [0.15, 0.2) is 5.71 Å². The molecule has 0 unspecified atom stereocenters. The topological polar surface area (TPSA) is 12.4 Å². The fourth-order valence-corrected chi connectivity index (χ4v) is 0.645. The van der Waals surface area contributed by atoms with Gasteiger partial charge >= 0.3 is 6.18 Å². The molecule has 0 spiro atoms. The van der Waals surface area contributed by atoms with Crippen LogP contribution in [0.1, 0.15) is 13.3 Å². The summed E-state index contributed by atoms with van der Waals surface area (Å²) in [5.74, 6) is -1.31. The zero-order chi connectivity index (χ0) is 9.78. The van der Waals surface area contributed by atoms with Crippen molar-refractivity contribution in [1.82, 2.24) is 0 Å². The van der Waals surface area contributed by atoms with Gasteiger partial charge in [0, 0.05) is 7.05 Å². The second-order valence-corrected chi connectivity index (χ2v) is 2.03. The van der Waals surface area contributed by atoms with E-state index in [9.17, 15) is 17.6 Å². The molecule has 0 aliphatic heterocycles. The molecule has 0 amide bonds. The molecule has 0 heterocycles. The highest BCUT2D eigenvalue weighted by atomic mass is 19.4. The first-order valence-corrected chi connectivity index (χ1v) is 3.33. The Bertz CT molecular complexity index is 202. The van der Waals surface area contributed by atoms with Gasteiger partial charge in [-0.15, -0.1) is 0 Å². The molecule has 0 saturated carbocycles. The minimum absolute atomic E-state index is 0.209. The molecule has 0 aromatic carbocycles. The molecule has 0 saturated heterocycles. The lowest BCUT2D eigenvalue weighted by Crippen LogP contribution is -2.23. The van der Waals surface area contributed by atoms with E-state index in [1.807, 2.05) is 0 Å². The Kier molecular flexibility index (Phi) is 3.92. The van der Waals surface area contributed by atoms with Gasteiger partial charge in [-0.05, 0) is 12.5 Å². The van der Waals surface area contributed by atoms with E-state index in [1.54, 1.807) is 6.92 Å². The third-order valence-electron chi connectivity index (χ3n) is 1.10. The van der Waals surface area contributed by atoms with Crippen molar-refractivity contribution in [2.24, 2.45) is 4.99 Å². The average Bonchev–Trinajstić information content (AvgIpc) is 1.85. The minimum Gasteiger partial charge on any atom is -0.281 e. The maximum absolute atomic E-state index is 12.6. The Morgan fingerprint density at radius 1 is 1.42 bits per heavy atom. The molecule has 70 valence electrons. The Hall–Kier alpha value is -0.870. The van der Waals surface area contributed by atoms with Crippen LogP contribution in [-0.4, -0.2) is 18.9 Å². The summed E-state index contributed by atoms with van der Waals surface area (Å²) in [6, 6.07) is 0. The van der Waals surface area contributed by atoms with Crippen molar-refractivity contribution >= 4 is 5.71 Å². The predicted molar refractivity (Wildman–Crippen MR) is 38.9 cm³/mol. The molecule has 1 nitrogen and oxygen atoms in total. The van der Waals surface area contributed by atoms with Crippen molar-refractivity contribution in [2.75, 3.05) is 7.05 Å². The highest BCUT2D eigenvalue weighted by Gasteiger charge is 2.37. The van der Waals surface area contributed by atoms with Crippen LogP contribution in [0.25, 0.3) is 0 Å². The average molecular weight is 183 g/mol. The van der Waals surface area contributed by atoms with Crippen LogP contribution in [0.3, 0.4) is 0 Å². The van der Waals surface area contributed by atoms with E-state index < -0.39 is 17.7 Å². The van der Waals surface area contributed by atoms with E-state index in [1.165, 1.54) is 0 Å². The molecule has 5 heteroatoms. The van der Waals surface area contributed by atoms with E-state index >= 15 is 0 Å². The van der Waals surface area contributed by atoms with Crippen molar-refractivity contribution in [3.8, 4) is 0 Å². The van der Waals surface area contributed by atoms with Gasteiger partial charge in [0.2, 0.25) is 0 Å². The number of nitrogens with zero attached hydrogens (tertiary/aromatic N) is 1. The lowest BCUT2D eigenvalue weighted by Gasteiger charge is -2.06. The molecule has 0 atom stereocenters. The number of aliphatic imine (C=N–C) groups is 1. The lowest BCUT2D eigenvalue weighted by atomic mass is 10.2. The van der Waals surface area contributed by atoms with Gasteiger partial charge in [-0.3, -0.25) is 4.99 Å². The molecule has 0 radical (unpaired) electrons. The first kappa shape index (κ1) is 11.1. The molecule has 0 aromatic heterocycles. The van der Waals surface area contributed by atoms with E-state index in [0.717, 1.165) is 13.1 Å². The summed E-state index contributed by atoms with van der Waals surface area (Å²) in [7, 11) is 0.909. The van der Waals surface area contributed by atoms with Gasteiger partial charge in [0.1, 0.15) is 5.83 Å². The molecule has 0 bridgehead atoms. The van der Waals surface area contributed by atoms with E-state index in [0.29, 0.717) is 0 Å². The normalized spacial score (nSPS) is 15.2. The van der Waals surface area contributed by atoms with Gasteiger partial charge in [-0.25, -0.2) is 4.39 Å². The summed E-state index contributed by atoms with van der Waals surface area (Å²) in [5, 5.41) is 0. The zero-order valence-electron chi connectivity index (χ0n) is 6.74. The number of halogens is 4. The summed E-state index contributed by atoms with van der Waals surface area (Å²) < 4.78 is 48.2. The van der Waals surface area contributed by atoms with Gasteiger partial charge in [0.25, 0.3) is 0 Å². The molecule has 0 fully saturated rings. The lowest BCUT2D eigenvalue weighted by molar-refractivity contribution is -0.0591. The molecule has 0 rings (SSSR count). The largest absolute Gasteiger partial charge is 0.435 e. The smallest absolute Gasteiger partial charge is 0.281 e. The van der Waals surface area contributed by atoms with E-state index in [-0.39, 0.29) is 6.42 Å². The van der Waals surface area contributed by atoms with Crippen LogP contribution in [0, 0.1) is 0 Å². The number of alkyl halides is 3. The second kappa shape index (κ2) is 4.23. The fourth-order valence-electron chi connectivity index (χ4n) is 0.645. The van der Waals surface area contributed by atoms with Crippen molar-refractivity contribution in [3.63, 3.8) is 0 Å². The summed E-state index contributed by atoms with van der Waals surface area (Å²) >= 11 is 0. The third-order valence-corrected chi connectivity index (χ3v) is 1.10. The number of hydrogen-bond acceptors (Lipinski definition) is 1. The number of rotatable bonds is 2. The van der Waals surface area contributed by atoms with Gasteiger partial charge < -0.3 is 0 Å². The fraction of sp³-hybridized carbons (Fsp3) is 0.571. The first-order valence-electron chi connectivity index (χ1n) is 3.33.